The minimum absolute atomic E-state index is 0.0367. The van der Waals surface area contributed by atoms with Crippen molar-refractivity contribution in [3.05, 3.63) is 69.8 Å². The van der Waals surface area contributed by atoms with Crippen LogP contribution in [0.15, 0.2) is 48.5 Å². The van der Waals surface area contributed by atoms with Crippen LogP contribution in [0.3, 0.4) is 0 Å². The second-order valence-electron chi connectivity index (χ2n) is 6.25. The number of fused-ring (bicyclic) bond motifs is 1. The van der Waals surface area contributed by atoms with Crippen LogP contribution in [0.2, 0.25) is 0 Å². The molecule has 1 amide bonds. The van der Waals surface area contributed by atoms with Gasteiger partial charge in [-0.3, -0.25) is 19.7 Å². The third-order valence-electron chi connectivity index (χ3n) is 4.40. The van der Waals surface area contributed by atoms with Crippen molar-refractivity contribution in [3.63, 3.8) is 0 Å². The van der Waals surface area contributed by atoms with Gasteiger partial charge in [-0.05, 0) is 29.3 Å². The Bertz CT molecular complexity index is 1110. The molecule has 0 unspecified atom stereocenters. The number of nitrogens with one attached hydrogen (secondary N) is 1. The number of rotatable bonds is 7. The summed E-state index contributed by atoms with van der Waals surface area (Å²) in [6.07, 6.45) is 0.695. The summed E-state index contributed by atoms with van der Waals surface area (Å²) in [5.74, 6) is -0.143. The molecule has 8 nitrogen and oxygen atoms in total. The van der Waals surface area contributed by atoms with Crippen molar-refractivity contribution in [1.82, 2.24) is 0 Å². The maximum absolute atomic E-state index is 12.3. The van der Waals surface area contributed by atoms with Gasteiger partial charge in [-0.2, -0.15) is 0 Å². The number of nitro benzene ring substituents is 1. The Morgan fingerprint density at radius 3 is 2.62 bits per heavy atom. The third-order valence-corrected chi connectivity index (χ3v) is 4.40. The molecule has 148 valence electrons. The molecule has 0 aromatic heterocycles. The van der Waals surface area contributed by atoms with Crippen LogP contribution in [-0.2, 0) is 4.79 Å². The van der Waals surface area contributed by atoms with E-state index in [2.05, 4.69) is 5.32 Å². The molecule has 1 N–H and O–H groups in total. The van der Waals surface area contributed by atoms with Crippen LogP contribution < -0.4 is 14.8 Å². The molecule has 0 heterocycles. The van der Waals surface area contributed by atoms with E-state index in [9.17, 15) is 19.7 Å². The lowest BCUT2D eigenvalue weighted by Gasteiger charge is -2.13. The van der Waals surface area contributed by atoms with E-state index in [1.165, 1.54) is 19.2 Å². The van der Waals surface area contributed by atoms with Gasteiger partial charge in [0.1, 0.15) is 5.75 Å². The van der Waals surface area contributed by atoms with Crippen LogP contribution in [0, 0.1) is 17.0 Å². The number of methoxy groups -OCH3 is 1. The number of nitro groups is 1. The van der Waals surface area contributed by atoms with Crippen LogP contribution in [-0.4, -0.2) is 30.8 Å². The summed E-state index contributed by atoms with van der Waals surface area (Å²) >= 11 is 0. The van der Waals surface area contributed by atoms with Crippen LogP contribution in [0.1, 0.15) is 15.9 Å². The fourth-order valence-corrected chi connectivity index (χ4v) is 2.97. The van der Waals surface area contributed by atoms with Crippen LogP contribution in [0.4, 0.5) is 11.4 Å². The molecule has 0 saturated carbocycles. The van der Waals surface area contributed by atoms with E-state index in [-0.39, 0.29) is 18.0 Å². The van der Waals surface area contributed by atoms with E-state index in [1.54, 1.807) is 25.1 Å². The number of aldehydes is 1. The summed E-state index contributed by atoms with van der Waals surface area (Å²) in [7, 11) is 1.31. The third kappa shape index (κ3) is 4.16. The Balaban J connectivity index is 1.76. The highest BCUT2D eigenvalue weighted by Gasteiger charge is 2.18. The minimum atomic E-state index is -0.554. The zero-order valence-electron chi connectivity index (χ0n) is 15.8. The number of nitrogens with zero attached hydrogens (tertiary/aromatic N) is 1. The summed E-state index contributed by atoms with van der Waals surface area (Å²) in [6.45, 7) is 1.30. The number of hydrogen-bond donors (Lipinski definition) is 1. The van der Waals surface area contributed by atoms with Crippen molar-refractivity contribution in [2.24, 2.45) is 0 Å². The Labute approximate surface area is 166 Å². The van der Waals surface area contributed by atoms with Crippen molar-refractivity contribution in [3.8, 4) is 11.5 Å². The zero-order chi connectivity index (χ0) is 21.0. The molecule has 3 rings (SSSR count). The van der Waals surface area contributed by atoms with Gasteiger partial charge in [0.15, 0.2) is 18.6 Å². The van der Waals surface area contributed by atoms with Gasteiger partial charge in [0.2, 0.25) is 0 Å². The second kappa shape index (κ2) is 8.39. The maximum atomic E-state index is 12.3. The highest BCUT2D eigenvalue weighted by atomic mass is 16.6. The molecule has 0 aliphatic heterocycles. The Morgan fingerprint density at radius 1 is 1.17 bits per heavy atom. The minimum Gasteiger partial charge on any atom is -0.490 e. The molecular formula is C21H18N2O6. The van der Waals surface area contributed by atoms with Gasteiger partial charge in [-0.25, -0.2) is 0 Å². The number of carbonyl (C=O) groups excluding carboxylic acids is 2. The smallest absolute Gasteiger partial charge is 0.311 e. The van der Waals surface area contributed by atoms with Gasteiger partial charge in [0.25, 0.3) is 5.91 Å². The molecule has 3 aromatic carbocycles. The van der Waals surface area contributed by atoms with Crippen LogP contribution >= 0.6 is 0 Å². The first-order valence-electron chi connectivity index (χ1n) is 8.67. The number of aryl methyl sites for hydroxylation is 1. The lowest BCUT2D eigenvalue weighted by atomic mass is 10.0. The molecule has 0 atom stereocenters. The summed E-state index contributed by atoms with van der Waals surface area (Å²) in [5.41, 5.74) is 1.05. The van der Waals surface area contributed by atoms with Crippen molar-refractivity contribution >= 4 is 34.3 Å². The number of anilines is 1. The highest BCUT2D eigenvalue weighted by Crippen LogP contribution is 2.33. The average Bonchev–Trinajstić information content (AvgIpc) is 2.72. The van der Waals surface area contributed by atoms with Gasteiger partial charge in [-0.1, -0.05) is 30.3 Å². The zero-order valence-corrected chi connectivity index (χ0v) is 15.8. The lowest BCUT2D eigenvalue weighted by molar-refractivity contribution is -0.385. The monoisotopic (exact) mass is 394 g/mol. The second-order valence-corrected chi connectivity index (χ2v) is 6.25. The fraction of sp³-hybridized carbons (Fsp3) is 0.143. The normalized spacial score (nSPS) is 10.4. The Kier molecular flexibility index (Phi) is 5.73. The predicted octanol–water partition coefficient (Wildman–Crippen LogP) is 3.90. The number of amides is 1. The SMILES string of the molecule is COc1cc(NC(=O)COc2ccc3ccccc3c2C=O)c(C)cc1[N+](=O)[O-]. The van der Waals surface area contributed by atoms with Gasteiger partial charge >= 0.3 is 5.69 Å². The standard InChI is InChI=1S/C21H18N2O6/c1-13-9-18(23(26)27)20(28-2)10-17(13)22-21(25)12-29-19-8-7-14-5-3-4-6-15(14)16(19)11-24/h3-11H,12H2,1-2H3,(H,22,25). The molecular weight excluding hydrogens is 376 g/mol. The molecule has 0 fully saturated rings. The molecule has 29 heavy (non-hydrogen) atoms. The average molecular weight is 394 g/mol. The first-order valence-corrected chi connectivity index (χ1v) is 8.67. The number of hydrogen-bond acceptors (Lipinski definition) is 6. The number of carbonyl (C=O) groups is 2. The largest absolute Gasteiger partial charge is 0.490 e. The van der Waals surface area contributed by atoms with Crippen molar-refractivity contribution in [2.75, 3.05) is 19.0 Å². The Hall–Kier alpha value is -3.94. The van der Waals surface area contributed by atoms with E-state index in [1.807, 2.05) is 18.2 Å². The summed E-state index contributed by atoms with van der Waals surface area (Å²) in [5, 5.41) is 15.3. The molecule has 0 aliphatic carbocycles. The Morgan fingerprint density at radius 2 is 1.93 bits per heavy atom. The molecule has 0 aliphatic rings. The van der Waals surface area contributed by atoms with Crippen molar-refractivity contribution in [1.29, 1.82) is 0 Å². The highest BCUT2D eigenvalue weighted by molar-refractivity contribution is 6.01. The molecule has 0 spiro atoms. The first kappa shape index (κ1) is 19.8. The van der Waals surface area contributed by atoms with Crippen LogP contribution in [0.5, 0.6) is 11.5 Å². The number of ether oxygens (including phenoxy) is 2. The van der Waals surface area contributed by atoms with Crippen LogP contribution in [0.25, 0.3) is 10.8 Å². The number of benzene rings is 3. The molecule has 0 bridgehead atoms. The van der Waals surface area contributed by atoms with Gasteiger partial charge in [0, 0.05) is 17.8 Å². The molecule has 0 radical (unpaired) electrons. The molecule has 0 saturated heterocycles. The van der Waals surface area contributed by atoms with Crippen molar-refractivity contribution in [2.45, 2.75) is 6.92 Å². The van der Waals surface area contributed by atoms with Gasteiger partial charge in [0.05, 0.1) is 17.6 Å². The lowest BCUT2D eigenvalue weighted by Crippen LogP contribution is -2.21. The topological polar surface area (TPSA) is 108 Å². The maximum Gasteiger partial charge on any atom is 0.311 e. The van der Waals surface area contributed by atoms with Crippen molar-refractivity contribution < 1.29 is 24.0 Å². The first-order chi connectivity index (χ1) is 13.9. The van der Waals surface area contributed by atoms with Gasteiger partial charge < -0.3 is 14.8 Å². The molecule has 8 heteroatoms. The van der Waals surface area contributed by atoms with E-state index in [0.717, 1.165) is 10.8 Å². The quantitative estimate of drug-likeness (QED) is 0.370. The van der Waals surface area contributed by atoms with E-state index >= 15 is 0 Å². The van der Waals surface area contributed by atoms with E-state index in [4.69, 9.17) is 9.47 Å². The van der Waals surface area contributed by atoms with Gasteiger partial charge in [-0.15, -0.1) is 0 Å². The summed E-state index contributed by atoms with van der Waals surface area (Å²) in [4.78, 5) is 34.4. The summed E-state index contributed by atoms with van der Waals surface area (Å²) in [6, 6.07) is 13.5. The van der Waals surface area contributed by atoms with E-state index < -0.39 is 10.8 Å². The fourth-order valence-electron chi connectivity index (χ4n) is 2.97. The van der Waals surface area contributed by atoms with E-state index in [0.29, 0.717) is 28.8 Å². The summed E-state index contributed by atoms with van der Waals surface area (Å²) < 4.78 is 10.6. The molecule has 3 aromatic rings. The predicted molar refractivity (Wildman–Crippen MR) is 108 cm³/mol.